The van der Waals surface area contributed by atoms with Crippen molar-refractivity contribution in [2.75, 3.05) is 11.9 Å². The number of benzene rings is 2. The molecule has 0 bridgehead atoms. The highest BCUT2D eigenvalue weighted by Crippen LogP contribution is 2.16. The number of carbonyl (C=O) groups excluding carboxylic acids is 1. The first-order valence-corrected chi connectivity index (χ1v) is 8.84. The van der Waals surface area contributed by atoms with Gasteiger partial charge in [-0.3, -0.25) is 4.79 Å². The van der Waals surface area contributed by atoms with Gasteiger partial charge < -0.3 is 10.1 Å². The second-order valence-corrected chi connectivity index (χ2v) is 5.97. The van der Waals surface area contributed by atoms with Crippen LogP contribution in [0, 0.1) is 0 Å². The van der Waals surface area contributed by atoms with Crippen LogP contribution in [-0.4, -0.2) is 12.5 Å². The van der Waals surface area contributed by atoms with E-state index in [1.807, 2.05) is 30.3 Å². The summed E-state index contributed by atoms with van der Waals surface area (Å²) in [5.41, 5.74) is 2.16. The van der Waals surface area contributed by atoms with E-state index < -0.39 is 0 Å². The van der Waals surface area contributed by atoms with Crippen LogP contribution in [0.5, 0.6) is 5.75 Å². The molecule has 0 aliphatic carbocycles. The third-order valence-electron chi connectivity index (χ3n) is 3.87. The Labute approximate surface area is 145 Å². The van der Waals surface area contributed by atoms with E-state index in [2.05, 4.69) is 36.5 Å². The number of hydrogen-bond acceptors (Lipinski definition) is 2. The standard InChI is InChI=1S/C21H27NO2/c1-2-3-5-12-21(23)22-19-13-15-20(16-14-19)24-17-8-11-18-9-6-4-7-10-18/h4,6-7,9-10,13-16H,2-3,5,8,11-12,17H2,1H3,(H,22,23). The van der Waals surface area contributed by atoms with Crippen LogP contribution >= 0.6 is 0 Å². The molecule has 0 aliphatic heterocycles. The second kappa shape index (κ2) is 10.5. The second-order valence-electron chi connectivity index (χ2n) is 5.97. The zero-order valence-corrected chi connectivity index (χ0v) is 14.5. The van der Waals surface area contributed by atoms with Gasteiger partial charge in [0, 0.05) is 12.1 Å². The van der Waals surface area contributed by atoms with E-state index in [1.165, 1.54) is 5.56 Å². The van der Waals surface area contributed by atoms with Crippen LogP contribution in [0.15, 0.2) is 54.6 Å². The third-order valence-corrected chi connectivity index (χ3v) is 3.87. The normalized spacial score (nSPS) is 10.4. The Hall–Kier alpha value is -2.29. The molecule has 0 saturated carbocycles. The number of aryl methyl sites for hydroxylation is 1. The number of rotatable bonds is 10. The summed E-state index contributed by atoms with van der Waals surface area (Å²) < 4.78 is 5.75. The molecule has 0 heterocycles. The summed E-state index contributed by atoms with van der Waals surface area (Å²) in [7, 11) is 0. The quantitative estimate of drug-likeness (QED) is 0.608. The maximum absolute atomic E-state index is 11.8. The molecule has 0 fully saturated rings. The van der Waals surface area contributed by atoms with E-state index in [0.717, 1.165) is 43.5 Å². The lowest BCUT2D eigenvalue weighted by atomic mass is 10.1. The van der Waals surface area contributed by atoms with Crippen molar-refractivity contribution in [3.05, 3.63) is 60.2 Å². The van der Waals surface area contributed by atoms with Gasteiger partial charge in [0.15, 0.2) is 0 Å². The molecule has 0 saturated heterocycles. The Balaban J connectivity index is 1.67. The average Bonchev–Trinajstić information content (AvgIpc) is 2.61. The highest BCUT2D eigenvalue weighted by molar-refractivity contribution is 5.90. The third kappa shape index (κ3) is 6.86. The van der Waals surface area contributed by atoms with Gasteiger partial charge in [-0.25, -0.2) is 0 Å². The topological polar surface area (TPSA) is 38.3 Å². The van der Waals surface area contributed by atoms with Gasteiger partial charge in [0.1, 0.15) is 5.75 Å². The minimum Gasteiger partial charge on any atom is -0.494 e. The molecule has 1 N–H and O–H groups in total. The highest BCUT2D eigenvalue weighted by atomic mass is 16.5. The maximum Gasteiger partial charge on any atom is 0.224 e. The van der Waals surface area contributed by atoms with E-state index in [-0.39, 0.29) is 5.91 Å². The van der Waals surface area contributed by atoms with Crippen LogP contribution in [0.2, 0.25) is 0 Å². The predicted molar refractivity (Wildman–Crippen MR) is 99.5 cm³/mol. The average molecular weight is 325 g/mol. The lowest BCUT2D eigenvalue weighted by molar-refractivity contribution is -0.116. The molecular formula is C21H27NO2. The molecule has 0 aromatic heterocycles. The Morgan fingerprint density at radius 3 is 2.42 bits per heavy atom. The molecule has 2 rings (SSSR count). The van der Waals surface area contributed by atoms with Gasteiger partial charge in [-0.05, 0) is 49.1 Å². The summed E-state index contributed by atoms with van der Waals surface area (Å²) in [6.07, 6.45) is 5.77. The van der Waals surface area contributed by atoms with E-state index in [1.54, 1.807) is 0 Å². The zero-order valence-electron chi connectivity index (χ0n) is 14.5. The molecule has 1 amide bonds. The minimum absolute atomic E-state index is 0.0833. The van der Waals surface area contributed by atoms with Crippen molar-refractivity contribution >= 4 is 11.6 Å². The number of hydrogen-bond donors (Lipinski definition) is 1. The van der Waals surface area contributed by atoms with E-state index in [9.17, 15) is 4.79 Å². The summed E-state index contributed by atoms with van der Waals surface area (Å²) in [5.74, 6) is 0.923. The number of amides is 1. The fourth-order valence-corrected chi connectivity index (χ4v) is 2.50. The van der Waals surface area contributed by atoms with Gasteiger partial charge in [0.2, 0.25) is 5.91 Å². The van der Waals surface area contributed by atoms with Crippen LogP contribution in [0.3, 0.4) is 0 Å². The smallest absolute Gasteiger partial charge is 0.224 e. The van der Waals surface area contributed by atoms with Crippen LogP contribution in [-0.2, 0) is 11.2 Å². The van der Waals surface area contributed by atoms with Crippen molar-refractivity contribution in [2.45, 2.75) is 45.4 Å². The number of unbranched alkanes of at least 4 members (excludes halogenated alkanes) is 2. The highest BCUT2D eigenvalue weighted by Gasteiger charge is 2.02. The van der Waals surface area contributed by atoms with Crippen molar-refractivity contribution in [2.24, 2.45) is 0 Å². The van der Waals surface area contributed by atoms with Crippen LogP contribution < -0.4 is 10.1 Å². The SMILES string of the molecule is CCCCCC(=O)Nc1ccc(OCCCc2ccccc2)cc1. The monoisotopic (exact) mass is 325 g/mol. The molecule has 2 aromatic rings. The zero-order chi connectivity index (χ0) is 17.0. The van der Waals surface area contributed by atoms with Crippen LogP contribution in [0.25, 0.3) is 0 Å². The summed E-state index contributed by atoms with van der Waals surface area (Å²) in [6, 6.07) is 18.0. The molecular weight excluding hydrogens is 298 g/mol. The van der Waals surface area contributed by atoms with Crippen LogP contribution in [0.4, 0.5) is 5.69 Å². The fraction of sp³-hybridized carbons (Fsp3) is 0.381. The van der Waals surface area contributed by atoms with Gasteiger partial charge >= 0.3 is 0 Å². The Bertz CT molecular complexity index is 593. The van der Waals surface area contributed by atoms with Crippen molar-refractivity contribution in [3.63, 3.8) is 0 Å². The Morgan fingerprint density at radius 2 is 1.71 bits per heavy atom. The van der Waals surface area contributed by atoms with Gasteiger partial charge in [-0.15, -0.1) is 0 Å². The first kappa shape index (κ1) is 18.1. The number of anilines is 1. The molecule has 0 aliphatic rings. The largest absolute Gasteiger partial charge is 0.494 e. The molecule has 2 aromatic carbocycles. The summed E-state index contributed by atoms with van der Waals surface area (Å²) >= 11 is 0. The fourth-order valence-electron chi connectivity index (χ4n) is 2.50. The van der Waals surface area contributed by atoms with E-state index in [4.69, 9.17) is 4.74 Å². The Morgan fingerprint density at radius 1 is 0.958 bits per heavy atom. The first-order chi connectivity index (χ1) is 11.8. The van der Waals surface area contributed by atoms with Crippen molar-refractivity contribution < 1.29 is 9.53 Å². The van der Waals surface area contributed by atoms with Gasteiger partial charge in [0.25, 0.3) is 0 Å². The first-order valence-electron chi connectivity index (χ1n) is 8.84. The van der Waals surface area contributed by atoms with Gasteiger partial charge in [-0.1, -0.05) is 50.1 Å². The summed E-state index contributed by atoms with van der Waals surface area (Å²) in [4.78, 5) is 11.8. The van der Waals surface area contributed by atoms with Crippen molar-refractivity contribution in [1.29, 1.82) is 0 Å². The van der Waals surface area contributed by atoms with Gasteiger partial charge in [0.05, 0.1) is 6.61 Å². The molecule has 3 nitrogen and oxygen atoms in total. The Kier molecular flexibility index (Phi) is 7.88. The molecule has 128 valence electrons. The predicted octanol–water partition coefficient (Wildman–Crippen LogP) is 5.22. The molecule has 0 atom stereocenters. The minimum atomic E-state index is 0.0833. The lowest BCUT2D eigenvalue weighted by Gasteiger charge is -2.08. The molecule has 0 radical (unpaired) electrons. The summed E-state index contributed by atoms with van der Waals surface area (Å²) in [5, 5.41) is 2.92. The molecule has 0 unspecified atom stereocenters. The molecule has 3 heteroatoms. The number of ether oxygens (including phenoxy) is 1. The molecule has 0 spiro atoms. The summed E-state index contributed by atoms with van der Waals surface area (Å²) in [6.45, 7) is 2.83. The van der Waals surface area contributed by atoms with Gasteiger partial charge in [-0.2, -0.15) is 0 Å². The van der Waals surface area contributed by atoms with E-state index in [0.29, 0.717) is 13.0 Å². The molecule has 24 heavy (non-hydrogen) atoms. The van der Waals surface area contributed by atoms with E-state index >= 15 is 0 Å². The number of nitrogens with one attached hydrogen (secondary N) is 1. The maximum atomic E-state index is 11.8. The number of carbonyl (C=O) groups is 1. The van der Waals surface area contributed by atoms with Crippen LogP contribution in [0.1, 0.15) is 44.6 Å². The van der Waals surface area contributed by atoms with Crippen molar-refractivity contribution in [3.8, 4) is 5.75 Å². The lowest BCUT2D eigenvalue weighted by Crippen LogP contribution is -2.10. The van der Waals surface area contributed by atoms with Crippen molar-refractivity contribution in [1.82, 2.24) is 0 Å².